The van der Waals surface area contributed by atoms with Crippen molar-refractivity contribution >= 4 is 16.9 Å². The molecule has 1 heterocycles. The molecule has 0 bridgehead atoms. The van der Waals surface area contributed by atoms with Gasteiger partial charge in [-0.25, -0.2) is 0 Å². The second-order valence-corrected chi connectivity index (χ2v) is 4.83. The van der Waals surface area contributed by atoms with Crippen LogP contribution in [0.1, 0.15) is 30.8 Å². The smallest absolute Gasteiger partial charge is 0.307 e. The fourth-order valence-corrected chi connectivity index (χ4v) is 2.46. The standard InChI is InChI=1S/C16H19NO3/c1-3-4-8-15(18)17-11(2)9-13-12(10-16(19)20)6-5-7-14(13)17/h4-9,15,18H,3,10H2,1-2H3,(H,19,20)/b8-4+. The van der Waals surface area contributed by atoms with E-state index in [1.165, 1.54) is 0 Å². The van der Waals surface area contributed by atoms with Crippen LogP contribution in [0.2, 0.25) is 0 Å². The first kappa shape index (κ1) is 14.3. The Morgan fingerprint density at radius 1 is 1.45 bits per heavy atom. The van der Waals surface area contributed by atoms with Gasteiger partial charge >= 0.3 is 5.97 Å². The number of aliphatic carboxylic acids is 1. The van der Waals surface area contributed by atoms with Gasteiger partial charge in [0.25, 0.3) is 0 Å². The summed E-state index contributed by atoms with van der Waals surface area (Å²) in [7, 11) is 0. The maximum atomic E-state index is 10.9. The van der Waals surface area contributed by atoms with Crippen LogP contribution in [0.4, 0.5) is 0 Å². The molecule has 20 heavy (non-hydrogen) atoms. The van der Waals surface area contributed by atoms with E-state index in [0.29, 0.717) is 0 Å². The van der Waals surface area contributed by atoms with E-state index in [4.69, 9.17) is 5.11 Å². The number of hydrogen-bond acceptors (Lipinski definition) is 2. The van der Waals surface area contributed by atoms with Crippen LogP contribution < -0.4 is 0 Å². The minimum atomic E-state index is -0.852. The number of carboxylic acid groups (broad SMARTS) is 1. The summed E-state index contributed by atoms with van der Waals surface area (Å²) in [6, 6.07) is 7.47. The Morgan fingerprint density at radius 2 is 2.20 bits per heavy atom. The van der Waals surface area contributed by atoms with Gasteiger partial charge in [-0.05, 0) is 37.1 Å². The van der Waals surface area contributed by atoms with Gasteiger partial charge in [0.15, 0.2) is 0 Å². The molecule has 0 fully saturated rings. The number of hydrogen-bond donors (Lipinski definition) is 2. The molecule has 0 spiro atoms. The number of carbonyl (C=O) groups is 1. The monoisotopic (exact) mass is 273 g/mol. The molecular formula is C16H19NO3. The van der Waals surface area contributed by atoms with Crippen molar-refractivity contribution in [3.05, 3.63) is 47.7 Å². The van der Waals surface area contributed by atoms with Crippen molar-refractivity contribution in [3.63, 3.8) is 0 Å². The van der Waals surface area contributed by atoms with Crippen molar-refractivity contribution in [1.82, 2.24) is 4.57 Å². The van der Waals surface area contributed by atoms with Crippen LogP contribution in [-0.2, 0) is 11.2 Å². The number of aryl methyl sites for hydroxylation is 1. The quantitative estimate of drug-likeness (QED) is 0.823. The molecule has 4 heteroatoms. The lowest BCUT2D eigenvalue weighted by Crippen LogP contribution is -2.07. The fraction of sp³-hybridized carbons (Fsp3) is 0.312. The van der Waals surface area contributed by atoms with Gasteiger partial charge in [-0.2, -0.15) is 0 Å². The van der Waals surface area contributed by atoms with Crippen LogP contribution in [0.3, 0.4) is 0 Å². The van der Waals surface area contributed by atoms with Crippen molar-refractivity contribution < 1.29 is 15.0 Å². The Bertz CT molecular complexity index is 655. The Balaban J connectivity index is 2.54. The highest BCUT2D eigenvalue weighted by atomic mass is 16.4. The van der Waals surface area contributed by atoms with E-state index in [1.54, 1.807) is 6.08 Å². The van der Waals surface area contributed by atoms with Crippen molar-refractivity contribution in [3.8, 4) is 0 Å². The topological polar surface area (TPSA) is 62.5 Å². The van der Waals surface area contributed by atoms with Crippen LogP contribution in [0.15, 0.2) is 36.4 Å². The molecule has 1 aromatic carbocycles. The maximum absolute atomic E-state index is 10.9. The largest absolute Gasteiger partial charge is 0.481 e. The van der Waals surface area contributed by atoms with Crippen LogP contribution >= 0.6 is 0 Å². The highest BCUT2D eigenvalue weighted by Gasteiger charge is 2.14. The van der Waals surface area contributed by atoms with E-state index in [-0.39, 0.29) is 6.42 Å². The molecule has 0 saturated carbocycles. The molecule has 4 nitrogen and oxygen atoms in total. The van der Waals surface area contributed by atoms with Crippen molar-refractivity contribution in [2.45, 2.75) is 32.9 Å². The fourth-order valence-electron chi connectivity index (χ4n) is 2.46. The predicted octanol–water partition coefficient (Wildman–Crippen LogP) is 3.03. The number of aromatic nitrogens is 1. The molecule has 2 N–H and O–H groups in total. The summed E-state index contributed by atoms with van der Waals surface area (Å²) in [6.07, 6.45) is 3.78. The molecular weight excluding hydrogens is 254 g/mol. The lowest BCUT2D eigenvalue weighted by Gasteiger charge is -2.13. The van der Waals surface area contributed by atoms with Crippen LogP contribution in [0.25, 0.3) is 10.9 Å². The van der Waals surface area contributed by atoms with Crippen LogP contribution in [0.5, 0.6) is 0 Å². The number of benzene rings is 1. The van der Waals surface area contributed by atoms with E-state index in [1.807, 2.05) is 48.8 Å². The second kappa shape index (κ2) is 5.92. The average molecular weight is 273 g/mol. The van der Waals surface area contributed by atoms with Gasteiger partial charge in [-0.3, -0.25) is 4.79 Å². The molecule has 0 aliphatic heterocycles. The van der Waals surface area contributed by atoms with Gasteiger partial charge in [0.2, 0.25) is 0 Å². The zero-order valence-corrected chi connectivity index (χ0v) is 11.7. The Hall–Kier alpha value is -2.07. The Kier molecular flexibility index (Phi) is 4.25. The normalized spacial score (nSPS) is 13.2. The molecule has 1 aromatic heterocycles. The molecule has 0 saturated heterocycles. The SMILES string of the molecule is CC/C=C/C(O)n1c(C)cc2c(CC(=O)O)cccc21. The zero-order chi connectivity index (χ0) is 14.7. The summed E-state index contributed by atoms with van der Waals surface area (Å²) in [6.45, 7) is 3.92. The third-order valence-electron chi connectivity index (χ3n) is 3.32. The number of aliphatic hydroxyl groups is 1. The molecule has 2 aromatic rings. The number of carboxylic acids is 1. The molecule has 0 aliphatic rings. The van der Waals surface area contributed by atoms with Crippen LogP contribution in [-0.4, -0.2) is 20.7 Å². The Labute approximate surface area is 118 Å². The summed E-state index contributed by atoms with van der Waals surface area (Å²) >= 11 is 0. The lowest BCUT2D eigenvalue weighted by molar-refractivity contribution is -0.136. The summed E-state index contributed by atoms with van der Waals surface area (Å²) in [5.74, 6) is -0.852. The maximum Gasteiger partial charge on any atom is 0.307 e. The van der Waals surface area contributed by atoms with E-state index in [9.17, 15) is 9.90 Å². The molecule has 0 amide bonds. The molecule has 0 aliphatic carbocycles. The number of rotatable bonds is 5. The van der Waals surface area contributed by atoms with Gasteiger partial charge in [-0.15, -0.1) is 0 Å². The van der Waals surface area contributed by atoms with Crippen molar-refractivity contribution in [2.24, 2.45) is 0 Å². The first-order chi connectivity index (χ1) is 9.54. The molecule has 2 rings (SSSR count). The molecule has 0 radical (unpaired) electrons. The number of fused-ring (bicyclic) bond motifs is 1. The summed E-state index contributed by atoms with van der Waals surface area (Å²) in [4.78, 5) is 10.9. The van der Waals surface area contributed by atoms with E-state index >= 15 is 0 Å². The van der Waals surface area contributed by atoms with E-state index < -0.39 is 12.2 Å². The summed E-state index contributed by atoms with van der Waals surface area (Å²) < 4.78 is 1.81. The molecule has 106 valence electrons. The highest BCUT2D eigenvalue weighted by Crippen LogP contribution is 2.26. The van der Waals surface area contributed by atoms with Crippen LogP contribution in [0, 0.1) is 6.92 Å². The third kappa shape index (κ3) is 2.75. The first-order valence-corrected chi connectivity index (χ1v) is 6.70. The zero-order valence-electron chi connectivity index (χ0n) is 11.7. The van der Waals surface area contributed by atoms with Gasteiger partial charge in [0.1, 0.15) is 6.23 Å². The number of nitrogens with zero attached hydrogens (tertiary/aromatic N) is 1. The molecule has 1 atom stereocenters. The van der Waals surface area contributed by atoms with Gasteiger partial charge in [0, 0.05) is 11.1 Å². The van der Waals surface area contributed by atoms with E-state index in [0.717, 1.165) is 28.6 Å². The second-order valence-electron chi connectivity index (χ2n) is 4.83. The van der Waals surface area contributed by atoms with Crippen molar-refractivity contribution in [1.29, 1.82) is 0 Å². The third-order valence-corrected chi connectivity index (χ3v) is 3.32. The average Bonchev–Trinajstić information content (AvgIpc) is 2.73. The Morgan fingerprint density at radius 3 is 2.85 bits per heavy atom. The number of allylic oxidation sites excluding steroid dienone is 1. The van der Waals surface area contributed by atoms with E-state index in [2.05, 4.69) is 0 Å². The number of aliphatic hydroxyl groups excluding tert-OH is 1. The lowest BCUT2D eigenvalue weighted by atomic mass is 10.1. The highest BCUT2D eigenvalue weighted by molar-refractivity contribution is 5.88. The minimum Gasteiger partial charge on any atom is -0.481 e. The predicted molar refractivity (Wildman–Crippen MR) is 78.7 cm³/mol. The van der Waals surface area contributed by atoms with Crippen molar-refractivity contribution in [2.75, 3.05) is 0 Å². The summed E-state index contributed by atoms with van der Waals surface area (Å²) in [5.41, 5.74) is 2.53. The van der Waals surface area contributed by atoms with Gasteiger partial charge < -0.3 is 14.8 Å². The van der Waals surface area contributed by atoms with Gasteiger partial charge in [0.05, 0.1) is 11.9 Å². The first-order valence-electron chi connectivity index (χ1n) is 6.70. The minimum absolute atomic E-state index is 0.0122. The molecule has 1 unspecified atom stereocenters. The van der Waals surface area contributed by atoms with Gasteiger partial charge in [-0.1, -0.05) is 25.1 Å². The summed E-state index contributed by atoms with van der Waals surface area (Å²) in [5, 5.41) is 20.1.